The first kappa shape index (κ1) is 14.0. The Morgan fingerprint density at radius 2 is 2.16 bits per heavy atom. The van der Waals surface area contributed by atoms with Crippen molar-refractivity contribution in [2.24, 2.45) is 11.7 Å². The predicted octanol–water partition coefficient (Wildman–Crippen LogP) is 3.11. The van der Waals surface area contributed by atoms with Gasteiger partial charge in [-0.1, -0.05) is 36.7 Å². The number of aromatic nitrogens is 2. The van der Waals surface area contributed by atoms with Crippen LogP contribution in [0.3, 0.4) is 0 Å². The molecule has 0 aliphatic heterocycles. The van der Waals surface area contributed by atoms with Gasteiger partial charge in [-0.05, 0) is 23.6 Å². The van der Waals surface area contributed by atoms with Crippen LogP contribution < -0.4 is 5.73 Å². The van der Waals surface area contributed by atoms with Crippen molar-refractivity contribution in [2.75, 3.05) is 0 Å². The van der Waals surface area contributed by atoms with Gasteiger partial charge in [-0.15, -0.1) is 0 Å². The molecule has 0 saturated heterocycles. The van der Waals surface area contributed by atoms with Gasteiger partial charge in [0, 0.05) is 11.4 Å². The summed E-state index contributed by atoms with van der Waals surface area (Å²) in [5.41, 5.74) is 6.67. The highest BCUT2D eigenvalue weighted by atomic mass is 35.5. The topological polar surface area (TPSA) is 64.9 Å². The van der Waals surface area contributed by atoms with Gasteiger partial charge < -0.3 is 10.3 Å². The summed E-state index contributed by atoms with van der Waals surface area (Å²) in [5.74, 6) is 0.731. The SMILES string of the molecule is CC(C)C(N)c1nc(Cc2ccc(F)cc2Cl)no1. The molecule has 6 heteroatoms. The summed E-state index contributed by atoms with van der Waals surface area (Å²) >= 11 is 5.95. The van der Waals surface area contributed by atoms with Gasteiger partial charge in [-0.2, -0.15) is 4.98 Å². The van der Waals surface area contributed by atoms with E-state index in [0.717, 1.165) is 5.56 Å². The third-order valence-corrected chi connectivity index (χ3v) is 3.20. The number of hydrogen-bond acceptors (Lipinski definition) is 4. The fourth-order valence-corrected chi connectivity index (χ4v) is 1.83. The Morgan fingerprint density at radius 1 is 1.42 bits per heavy atom. The number of nitrogens with two attached hydrogens (primary N) is 1. The largest absolute Gasteiger partial charge is 0.338 e. The summed E-state index contributed by atoms with van der Waals surface area (Å²) in [6.07, 6.45) is 0.382. The molecule has 0 aliphatic rings. The van der Waals surface area contributed by atoms with Crippen LogP contribution in [0.15, 0.2) is 22.7 Å². The van der Waals surface area contributed by atoms with Gasteiger partial charge >= 0.3 is 0 Å². The van der Waals surface area contributed by atoms with Gasteiger partial charge in [-0.3, -0.25) is 0 Å². The van der Waals surface area contributed by atoms with E-state index in [2.05, 4.69) is 10.1 Å². The van der Waals surface area contributed by atoms with Crippen LogP contribution in [-0.4, -0.2) is 10.1 Å². The number of benzene rings is 1. The third kappa shape index (κ3) is 3.30. The lowest BCUT2D eigenvalue weighted by Gasteiger charge is -2.09. The summed E-state index contributed by atoms with van der Waals surface area (Å²) in [6, 6.07) is 3.93. The Bertz CT molecular complexity index is 571. The van der Waals surface area contributed by atoms with Crippen molar-refractivity contribution < 1.29 is 8.91 Å². The molecule has 2 aromatic rings. The van der Waals surface area contributed by atoms with E-state index in [9.17, 15) is 4.39 Å². The van der Waals surface area contributed by atoms with E-state index < -0.39 is 0 Å². The molecule has 1 aromatic carbocycles. The smallest absolute Gasteiger partial charge is 0.243 e. The Balaban J connectivity index is 2.16. The zero-order valence-corrected chi connectivity index (χ0v) is 11.5. The molecule has 1 atom stereocenters. The van der Waals surface area contributed by atoms with Crippen LogP contribution in [0.5, 0.6) is 0 Å². The van der Waals surface area contributed by atoms with Crippen LogP contribution in [0, 0.1) is 11.7 Å². The third-order valence-electron chi connectivity index (χ3n) is 2.85. The molecule has 4 nitrogen and oxygen atoms in total. The first-order valence-corrected chi connectivity index (χ1v) is 6.37. The highest BCUT2D eigenvalue weighted by Crippen LogP contribution is 2.21. The predicted molar refractivity (Wildman–Crippen MR) is 70.3 cm³/mol. The maximum Gasteiger partial charge on any atom is 0.243 e. The van der Waals surface area contributed by atoms with Crippen molar-refractivity contribution in [2.45, 2.75) is 26.3 Å². The maximum atomic E-state index is 12.9. The van der Waals surface area contributed by atoms with Crippen molar-refractivity contribution in [3.8, 4) is 0 Å². The van der Waals surface area contributed by atoms with Crippen LogP contribution in [0.4, 0.5) is 4.39 Å². The minimum Gasteiger partial charge on any atom is -0.338 e. The molecule has 1 heterocycles. The molecule has 1 aromatic heterocycles. The summed E-state index contributed by atoms with van der Waals surface area (Å²) in [5, 5.41) is 4.21. The van der Waals surface area contributed by atoms with E-state index in [-0.39, 0.29) is 17.8 Å². The Morgan fingerprint density at radius 3 is 2.79 bits per heavy atom. The molecule has 0 amide bonds. The number of hydrogen-bond donors (Lipinski definition) is 1. The van der Waals surface area contributed by atoms with Crippen LogP contribution >= 0.6 is 11.6 Å². The molecule has 0 bridgehead atoms. The van der Waals surface area contributed by atoms with E-state index in [1.165, 1.54) is 12.1 Å². The lowest BCUT2D eigenvalue weighted by Crippen LogP contribution is -2.17. The fourth-order valence-electron chi connectivity index (χ4n) is 1.60. The molecule has 0 radical (unpaired) electrons. The molecule has 102 valence electrons. The Labute approximate surface area is 115 Å². The fraction of sp³-hybridized carbons (Fsp3) is 0.385. The zero-order valence-electron chi connectivity index (χ0n) is 10.7. The average molecular weight is 284 g/mol. The Kier molecular flexibility index (Phi) is 4.17. The van der Waals surface area contributed by atoms with E-state index in [4.69, 9.17) is 21.9 Å². The van der Waals surface area contributed by atoms with Gasteiger partial charge in [0.15, 0.2) is 5.82 Å². The monoisotopic (exact) mass is 283 g/mol. The van der Waals surface area contributed by atoms with E-state index in [1.807, 2.05) is 13.8 Å². The molecule has 1 unspecified atom stereocenters. The first-order valence-electron chi connectivity index (χ1n) is 5.99. The van der Waals surface area contributed by atoms with Gasteiger partial charge in [0.25, 0.3) is 0 Å². The summed E-state index contributed by atoms with van der Waals surface area (Å²) in [4.78, 5) is 4.24. The quantitative estimate of drug-likeness (QED) is 0.936. The summed E-state index contributed by atoms with van der Waals surface area (Å²) in [6.45, 7) is 3.96. The van der Waals surface area contributed by atoms with Crippen LogP contribution in [0.25, 0.3) is 0 Å². The van der Waals surface area contributed by atoms with E-state index in [1.54, 1.807) is 6.07 Å². The molecule has 0 fully saturated rings. The second-order valence-electron chi connectivity index (χ2n) is 4.73. The van der Waals surface area contributed by atoms with E-state index in [0.29, 0.717) is 23.2 Å². The van der Waals surface area contributed by atoms with Gasteiger partial charge in [0.05, 0.1) is 6.04 Å². The molecule has 0 aliphatic carbocycles. The van der Waals surface area contributed by atoms with Crippen LogP contribution in [0.2, 0.25) is 5.02 Å². The molecular weight excluding hydrogens is 269 g/mol. The first-order chi connectivity index (χ1) is 8.97. The van der Waals surface area contributed by atoms with Crippen molar-refractivity contribution in [3.05, 3.63) is 46.3 Å². The molecular formula is C13H15ClFN3O. The van der Waals surface area contributed by atoms with Crippen molar-refractivity contribution in [1.29, 1.82) is 0 Å². The number of halogens is 2. The highest BCUT2D eigenvalue weighted by Gasteiger charge is 2.18. The molecule has 2 rings (SSSR count). The maximum absolute atomic E-state index is 12.9. The summed E-state index contributed by atoms with van der Waals surface area (Å²) < 4.78 is 18.1. The molecule has 19 heavy (non-hydrogen) atoms. The second-order valence-corrected chi connectivity index (χ2v) is 5.14. The van der Waals surface area contributed by atoms with Crippen molar-refractivity contribution in [3.63, 3.8) is 0 Å². The molecule has 0 spiro atoms. The number of nitrogens with zero attached hydrogens (tertiary/aromatic N) is 2. The lowest BCUT2D eigenvalue weighted by atomic mass is 10.1. The molecule has 2 N–H and O–H groups in total. The second kappa shape index (κ2) is 5.67. The van der Waals surface area contributed by atoms with Crippen LogP contribution in [-0.2, 0) is 6.42 Å². The molecule has 0 saturated carbocycles. The normalized spacial score (nSPS) is 12.9. The zero-order chi connectivity index (χ0) is 14.0. The standard InChI is InChI=1S/C13H15ClFN3O/c1-7(2)12(16)13-17-11(18-19-13)5-8-3-4-9(15)6-10(8)14/h3-4,6-7,12H,5,16H2,1-2H3. The Hall–Kier alpha value is -1.46. The van der Waals surface area contributed by atoms with Crippen LogP contribution in [0.1, 0.15) is 37.2 Å². The minimum absolute atomic E-state index is 0.211. The van der Waals surface area contributed by atoms with E-state index >= 15 is 0 Å². The van der Waals surface area contributed by atoms with Gasteiger partial charge in [-0.25, -0.2) is 4.39 Å². The van der Waals surface area contributed by atoms with Gasteiger partial charge in [0.2, 0.25) is 5.89 Å². The average Bonchev–Trinajstić information content (AvgIpc) is 2.80. The highest BCUT2D eigenvalue weighted by molar-refractivity contribution is 6.31. The lowest BCUT2D eigenvalue weighted by molar-refractivity contribution is 0.322. The van der Waals surface area contributed by atoms with Crippen molar-refractivity contribution in [1.82, 2.24) is 10.1 Å². The number of rotatable bonds is 4. The minimum atomic E-state index is -0.371. The van der Waals surface area contributed by atoms with Gasteiger partial charge in [0.1, 0.15) is 5.82 Å². The summed E-state index contributed by atoms with van der Waals surface area (Å²) in [7, 11) is 0. The van der Waals surface area contributed by atoms with Crippen molar-refractivity contribution >= 4 is 11.6 Å².